The van der Waals surface area contributed by atoms with Crippen LogP contribution < -0.4 is 16.0 Å². The van der Waals surface area contributed by atoms with Gasteiger partial charge in [0.25, 0.3) is 0 Å². The molecule has 1 aromatic rings. The molecule has 1 saturated carbocycles. The molecule has 220 valence electrons. The van der Waals surface area contributed by atoms with E-state index in [-0.39, 0.29) is 40.1 Å². The molecule has 4 aliphatic carbocycles. The molecule has 0 unspecified atom stereocenters. The Labute approximate surface area is 241 Å². The van der Waals surface area contributed by atoms with Gasteiger partial charge in [-0.05, 0) is 12.8 Å². The van der Waals surface area contributed by atoms with E-state index >= 15 is 0 Å². The first-order chi connectivity index (χ1) is 19.3. The molecule has 1 fully saturated rings. The van der Waals surface area contributed by atoms with Crippen LogP contribution >= 0.6 is 0 Å². The van der Waals surface area contributed by atoms with Crippen molar-refractivity contribution in [3.63, 3.8) is 0 Å². The quantitative estimate of drug-likeness (QED) is 0.278. The van der Waals surface area contributed by atoms with Crippen molar-refractivity contribution in [2.75, 3.05) is 33.1 Å². The number of benzene rings is 1. The Hall–Kier alpha value is -3.15. The molecule has 0 aromatic heterocycles. The number of primary amides is 1. The molecule has 4 aliphatic rings. The molecule has 11 heteroatoms. The van der Waals surface area contributed by atoms with E-state index in [2.05, 4.69) is 12.8 Å². The molecule has 4 atom stereocenters. The van der Waals surface area contributed by atoms with E-state index in [1.54, 1.807) is 25.1 Å². The summed E-state index contributed by atoms with van der Waals surface area (Å²) in [5, 5.41) is 49.6. The summed E-state index contributed by atoms with van der Waals surface area (Å²) in [5.74, 6) is -3.97. The van der Waals surface area contributed by atoms with Crippen LogP contribution in [-0.4, -0.2) is 95.8 Å². The zero-order valence-electron chi connectivity index (χ0n) is 24.3. The molecule has 1 amide bonds. The summed E-state index contributed by atoms with van der Waals surface area (Å²) < 4.78 is 0. The summed E-state index contributed by atoms with van der Waals surface area (Å²) in [6, 6.07) is 1.17. The van der Waals surface area contributed by atoms with E-state index in [9.17, 15) is 30.0 Å². The normalized spacial score (nSPS) is 28.5. The Bertz CT molecular complexity index is 1380. The van der Waals surface area contributed by atoms with Gasteiger partial charge in [0, 0.05) is 0 Å². The third kappa shape index (κ3) is 4.49. The molecule has 7 N–H and O–H groups in total. The van der Waals surface area contributed by atoms with Gasteiger partial charge in [-0.25, -0.2) is 0 Å². The van der Waals surface area contributed by atoms with Crippen LogP contribution in [0.4, 0.5) is 5.69 Å². The monoisotopic (exact) mass is 564 g/mol. The second-order valence-corrected chi connectivity index (χ2v) is 12.5. The molecular formula is C30H41BN4O6. The van der Waals surface area contributed by atoms with E-state index in [1.165, 1.54) is 19.3 Å². The predicted octanol–water partition coefficient (Wildman–Crippen LogP) is 1.11. The summed E-state index contributed by atoms with van der Waals surface area (Å²) in [6.45, 7) is 0.547. The van der Waals surface area contributed by atoms with Crippen molar-refractivity contribution in [2.45, 2.75) is 69.2 Å². The maximum absolute atomic E-state index is 14.1. The minimum atomic E-state index is -2.20. The molecule has 5 rings (SSSR count). The number of fused-ring (bicyclic) bond motifs is 3. The molecule has 0 radical (unpaired) electrons. The standard InChI is InChI=1S/C30H41BN4O6/c1-34(2)23-15(13-33-16-8-6-5-7-9-16)12-19(36)21-17(23)10-14-11-18-24(35(3)4)26(38)22(29(32)40)27(31)30(18,41)28(39)20(14)25(21)37/h12,14,16,18,24,31,33,36,38-39,41H,5-11,13H2,1-4H3,(H2,32,40)/t14-,18-,24-,30+/m0/s1. The number of nitrogens with two attached hydrogens (primary N) is 1. The van der Waals surface area contributed by atoms with Gasteiger partial charge >= 0.3 is 209 Å². The fourth-order valence-corrected chi connectivity index (χ4v) is 7.79. The number of carbonyl (C=O) groups excluding carboxylic acids is 2. The number of nitrogens with zero attached hydrogens (tertiary/aromatic N) is 2. The van der Waals surface area contributed by atoms with Crippen LogP contribution in [0.5, 0.6) is 5.75 Å². The number of allylic oxidation sites excluding steroid dienone is 1. The van der Waals surface area contributed by atoms with Crippen molar-refractivity contribution >= 4 is 30.3 Å². The van der Waals surface area contributed by atoms with E-state index in [1.807, 2.05) is 19.0 Å². The first-order valence-electron chi connectivity index (χ1n) is 14.4. The number of amides is 1. The SMILES string of the molecule is B=C1C(C(N)=O)=C(O)[C@@H](N(C)C)[C@@H]2C[C@@H]3Cc4c(c(O)cc(CNC5CCCCC5)c4N(C)C)C(=O)C3=C(O)[C@]12O. The summed E-state index contributed by atoms with van der Waals surface area (Å²) in [6.07, 6.45) is 6.43. The van der Waals surface area contributed by atoms with Gasteiger partial charge in [-0.15, -0.1) is 0 Å². The van der Waals surface area contributed by atoms with Crippen molar-refractivity contribution in [2.24, 2.45) is 17.6 Å². The Morgan fingerprint density at radius 3 is 2.39 bits per heavy atom. The number of aliphatic hydroxyl groups is 3. The topological polar surface area (TPSA) is 160 Å². The number of ketones is 1. The Morgan fingerprint density at radius 2 is 1.80 bits per heavy atom. The third-order valence-electron chi connectivity index (χ3n) is 9.60. The number of likely N-dealkylation sites (N-methyl/N-ethyl adjacent to an activating group) is 1. The van der Waals surface area contributed by atoms with Crippen molar-refractivity contribution < 1.29 is 30.0 Å². The number of carbonyl (C=O) groups is 2. The van der Waals surface area contributed by atoms with Gasteiger partial charge in [0.1, 0.15) is 0 Å². The zero-order chi connectivity index (χ0) is 30.0. The van der Waals surface area contributed by atoms with Crippen LogP contribution in [0.2, 0.25) is 0 Å². The average Bonchev–Trinajstić information content (AvgIpc) is 2.89. The van der Waals surface area contributed by atoms with Crippen LogP contribution in [0, 0.1) is 11.8 Å². The molecule has 41 heavy (non-hydrogen) atoms. The summed E-state index contributed by atoms with van der Waals surface area (Å²) >= 11 is 0. The van der Waals surface area contributed by atoms with Gasteiger partial charge < -0.3 is 0 Å². The summed E-state index contributed by atoms with van der Waals surface area (Å²) in [5.41, 5.74) is 5.29. The number of hydrogen-bond donors (Lipinski definition) is 6. The van der Waals surface area contributed by atoms with Crippen LogP contribution in [0.25, 0.3) is 0 Å². The van der Waals surface area contributed by atoms with E-state index in [4.69, 9.17) is 5.73 Å². The maximum atomic E-state index is 14.1. The van der Waals surface area contributed by atoms with Crippen LogP contribution in [0.1, 0.15) is 60.0 Å². The third-order valence-corrected chi connectivity index (χ3v) is 9.60. The van der Waals surface area contributed by atoms with Gasteiger partial charge in [0.15, 0.2) is 0 Å². The predicted molar refractivity (Wildman–Crippen MR) is 159 cm³/mol. The second-order valence-electron chi connectivity index (χ2n) is 12.5. The average molecular weight is 564 g/mol. The van der Waals surface area contributed by atoms with E-state index in [0.29, 0.717) is 24.6 Å². The summed E-state index contributed by atoms with van der Waals surface area (Å²) in [4.78, 5) is 30.0. The number of phenols is 1. The number of aromatic hydroxyl groups is 1. The number of rotatable bonds is 6. The molecule has 0 spiro atoms. The van der Waals surface area contributed by atoms with Gasteiger partial charge in [-0.2, -0.15) is 0 Å². The Balaban J connectivity index is 1.62. The van der Waals surface area contributed by atoms with Crippen LogP contribution in [-0.2, 0) is 17.8 Å². The van der Waals surface area contributed by atoms with Crippen LogP contribution in [0.15, 0.2) is 28.7 Å². The number of aliphatic hydroxyl groups excluding tert-OH is 2. The minimum absolute atomic E-state index is 0.00629. The zero-order valence-corrected chi connectivity index (χ0v) is 24.3. The number of nitrogens with one attached hydrogen (secondary N) is 1. The molecule has 0 bridgehead atoms. The molecule has 10 nitrogen and oxygen atoms in total. The Kier molecular flexibility index (Phi) is 7.59. The van der Waals surface area contributed by atoms with E-state index in [0.717, 1.165) is 24.1 Å². The second kappa shape index (κ2) is 10.6. The number of hydrogen-bond acceptors (Lipinski definition) is 9. The van der Waals surface area contributed by atoms with Crippen molar-refractivity contribution in [3.8, 4) is 5.75 Å². The van der Waals surface area contributed by atoms with Crippen molar-refractivity contribution in [3.05, 3.63) is 45.4 Å². The molecular weight excluding hydrogens is 523 g/mol. The number of phenolic OH excluding ortho intramolecular Hbond substituents is 1. The fourth-order valence-electron chi connectivity index (χ4n) is 7.79. The van der Waals surface area contributed by atoms with Gasteiger partial charge in [-0.3, -0.25) is 0 Å². The summed E-state index contributed by atoms with van der Waals surface area (Å²) in [7, 11) is 11.0. The molecule has 0 aliphatic heterocycles. The number of anilines is 1. The van der Waals surface area contributed by atoms with Gasteiger partial charge in [-0.1, -0.05) is 19.3 Å². The molecule has 0 saturated heterocycles. The van der Waals surface area contributed by atoms with Crippen molar-refractivity contribution in [1.82, 2.24) is 10.2 Å². The first-order valence-corrected chi connectivity index (χ1v) is 14.4. The molecule has 0 heterocycles. The Morgan fingerprint density at radius 1 is 1.15 bits per heavy atom. The van der Waals surface area contributed by atoms with Gasteiger partial charge in [0.2, 0.25) is 0 Å². The molecule has 1 aromatic carbocycles. The van der Waals surface area contributed by atoms with Gasteiger partial charge in [0.05, 0.1) is 0 Å². The van der Waals surface area contributed by atoms with E-state index < -0.39 is 40.9 Å². The van der Waals surface area contributed by atoms with Crippen LogP contribution in [0.3, 0.4) is 0 Å². The first kappa shape index (κ1) is 29.4. The van der Waals surface area contributed by atoms with Crippen molar-refractivity contribution in [1.29, 1.82) is 0 Å². The fraction of sp³-hybridized carbons (Fsp3) is 0.567. The number of Topliss-reactive ketones (excluding diaryl/α,β-unsaturated/α-hetero) is 1.